The molecule has 62 heavy (non-hydrogen) atoms. The Morgan fingerprint density at radius 2 is 1.81 bits per heavy atom. The Morgan fingerprint density at radius 1 is 1.10 bits per heavy atom. The highest BCUT2D eigenvalue weighted by Crippen LogP contribution is 2.38. The number of nitrogens with one attached hydrogen (secondary N) is 4. The van der Waals surface area contributed by atoms with Crippen LogP contribution in [-0.4, -0.2) is 156 Å². The predicted octanol–water partition coefficient (Wildman–Crippen LogP) is 1.75. The Balaban J connectivity index is 0.00000504. The van der Waals surface area contributed by atoms with Gasteiger partial charge in [-0.25, -0.2) is 18.2 Å². The SMILES string of the molecule is CCCn1cc(-c2cc(F)ccc2F)nc1C(C1CCOCC1)N(CC1CNCC1F)C(=O)CSCCNC(=O)CC(CNC(=O)CC(SC)C(=O)NCC=O)S(=O)(=O)O.CO. The summed E-state index contributed by atoms with van der Waals surface area (Å²) in [5.41, 5.74) is 0.178. The summed E-state index contributed by atoms with van der Waals surface area (Å²) in [6.45, 7) is 3.00. The number of amides is 4. The second-order valence-corrected chi connectivity index (χ2v) is 18.4. The van der Waals surface area contributed by atoms with Crippen LogP contribution in [0.25, 0.3) is 11.3 Å². The van der Waals surface area contributed by atoms with Gasteiger partial charge in [-0.15, -0.1) is 0 Å². The van der Waals surface area contributed by atoms with E-state index in [4.69, 9.17) is 14.8 Å². The lowest BCUT2D eigenvalue weighted by Crippen LogP contribution is -2.46. The summed E-state index contributed by atoms with van der Waals surface area (Å²) in [5.74, 6) is -3.67. The predicted molar refractivity (Wildman–Crippen MR) is 230 cm³/mol. The molecule has 0 saturated carbocycles. The Morgan fingerprint density at radius 3 is 2.44 bits per heavy atom. The maximum absolute atomic E-state index is 15.2. The zero-order valence-electron chi connectivity index (χ0n) is 35.0. The number of nitrogens with zero attached hydrogens (tertiary/aromatic N) is 3. The summed E-state index contributed by atoms with van der Waals surface area (Å²) in [6, 6.07) is 2.47. The summed E-state index contributed by atoms with van der Waals surface area (Å²) in [7, 11) is -3.79. The van der Waals surface area contributed by atoms with Crippen LogP contribution in [0.4, 0.5) is 13.2 Å². The van der Waals surface area contributed by atoms with Crippen molar-refractivity contribution in [2.24, 2.45) is 11.8 Å². The first-order valence-electron chi connectivity index (χ1n) is 20.2. The van der Waals surface area contributed by atoms with Crippen LogP contribution in [0, 0.1) is 23.5 Å². The van der Waals surface area contributed by atoms with Crippen molar-refractivity contribution in [2.75, 3.05) is 77.4 Å². The first-order chi connectivity index (χ1) is 29.7. The van der Waals surface area contributed by atoms with E-state index in [1.54, 1.807) is 17.4 Å². The first-order valence-corrected chi connectivity index (χ1v) is 24.1. The van der Waals surface area contributed by atoms with E-state index in [0.717, 1.165) is 37.1 Å². The molecule has 1 aromatic heterocycles. The molecule has 5 atom stereocenters. The lowest BCUT2D eigenvalue weighted by atomic mass is 9.88. The molecule has 5 unspecified atom stereocenters. The molecular weight excluding hydrogens is 880 g/mol. The van der Waals surface area contributed by atoms with E-state index < -0.39 is 81.1 Å². The number of aryl methyl sites for hydroxylation is 1. The minimum absolute atomic E-state index is 0.0125. The summed E-state index contributed by atoms with van der Waals surface area (Å²) in [4.78, 5) is 68.7. The average molecular weight is 938 g/mol. The smallest absolute Gasteiger partial charge is 0.270 e. The molecule has 23 heteroatoms. The summed E-state index contributed by atoms with van der Waals surface area (Å²) >= 11 is 2.23. The van der Waals surface area contributed by atoms with Crippen LogP contribution in [0.5, 0.6) is 0 Å². The summed E-state index contributed by atoms with van der Waals surface area (Å²) in [6.07, 6.45) is 3.29. The van der Waals surface area contributed by atoms with Gasteiger partial charge in [-0.05, 0) is 49.6 Å². The van der Waals surface area contributed by atoms with Gasteiger partial charge in [0.15, 0.2) is 0 Å². The van der Waals surface area contributed by atoms with Gasteiger partial charge in [-0.1, -0.05) is 6.92 Å². The van der Waals surface area contributed by atoms with E-state index in [0.29, 0.717) is 57.7 Å². The fraction of sp³-hybridized carbons (Fsp3) is 0.641. The molecular formula is C39H58F3N7O10S3. The zero-order valence-corrected chi connectivity index (χ0v) is 37.5. The fourth-order valence-corrected chi connectivity index (χ4v) is 9.13. The summed E-state index contributed by atoms with van der Waals surface area (Å²) < 4.78 is 85.9. The number of thioether (sulfide) groups is 2. The number of benzene rings is 1. The standard InChI is InChI=1S/C38H54F3N7O9S3.CH4O/c1-3-10-47-22-31(28-15-26(39)4-5-29(28)40)46-37(47)36(24-6-12-57-13-7-24)48(21-25-18-42-20-30(25)41)35(52)23-59-14-9-43-33(50)16-27(60(54,55)56)19-45-34(51)17-32(58-2)38(53)44-8-11-49;1-2/h4-5,11,15,22,24-25,27,30,32,36,42H,3,6-10,12-14,16-21,23H2,1-2H3,(H,43,50)(H,44,53)(H,45,51)(H,54,55,56);2H,1H3. The molecule has 2 aliphatic rings. The van der Waals surface area contributed by atoms with Gasteiger partial charge in [0.1, 0.15) is 35.2 Å². The number of alkyl halides is 1. The number of aromatic nitrogens is 2. The number of imidazole rings is 1. The van der Waals surface area contributed by atoms with Gasteiger partial charge in [0.25, 0.3) is 10.1 Å². The maximum Gasteiger partial charge on any atom is 0.270 e. The van der Waals surface area contributed by atoms with E-state index in [1.165, 1.54) is 11.8 Å². The number of aldehydes is 1. The Kier molecular flexibility index (Phi) is 22.7. The largest absolute Gasteiger partial charge is 0.400 e. The third kappa shape index (κ3) is 16.1. The third-order valence-electron chi connectivity index (χ3n) is 10.3. The molecule has 1 aromatic carbocycles. The van der Waals surface area contributed by atoms with Gasteiger partial charge < -0.3 is 45.4 Å². The van der Waals surface area contributed by atoms with Crippen molar-refractivity contribution in [3.8, 4) is 11.3 Å². The van der Waals surface area contributed by atoms with Crippen LogP contribution in [0.2, 0.25) is 0 Å². The quantitative estimate of drug-likeness (QED) is 0.0500. The van der Waals surface area contributed by atoms with Crippen molar-refractivity contribution < 1.29 is 60.0 Å². The fourth-order valence-electron chi connectivity index (χ4n) is 7.12. The molecule has 2 aromatic rings. The van der Waals surface area contributed by atoms with Crippen molar-refractivity contribution in [3.05, 3.63) is 41.9 Å². The van der Waals surface area contributed by atoms with Gasteiger partial charge in [-0.2, -0.15) is 31.9 Å². The van der Waals surface area contributed by atoms with Crippen molar-refractivity contribution in [1.29, 1.82) is 0 Å². The average Bonchev–Trinajstić information content (AvgIpc) is 3.86. The van der Waals surface area contributed by atoms with Crippen molar-refractivity contribution in [2.45, 2.75) is 68.3 Å². The highest BCUT2D eigenvalue weighted by molar-refractivity contribution is 8.00. The number of rotatable bonds is 24. The van der Waals surface area contributed by atoms with Gasteiger partial charge in [0, 0.05) is 95.9 Å². The summed E-state index contributed by atoms with van der Waals surface area (Å²) in [5, 5.41) is 14.7. The lowest BCUT2D eigenvalue weighted by Gasteiger charge is -2.40. The molecule has 3 heterocycles. The van der Waals surface area contributed by atoms with E-state index in [1.807, 2.05) is 11.5 Å². The van der Waals surface area contributed by atoms with Gasteiger partial charge in [-0.3, -0.25) is 23.7 Å². The number of aliphatic hydroxyl groups excluding tert-OH is 1. The zero-order chi connectivity index (χ0) is 45.8. The van der Waals surface area contributed by atoms with Gasteiger partial charge in [0.2, 0.25) is 23.6 Å². The minimum Gasteiger partial charge on any atom is -0.400 e. The molecule has 0 radical (unpaired) electrons. The van der Waals surface area contributed by atoms with Crippen LogP contribution >= 0.6 is 23.5 Å². The maximum atomic E-state index is 15.2. The molecule has 0 spiro atoms. The van der Waals surface area contributed by atoms with Crippen LogP contribution in [0.3, 0.4) is 0 Å². The molecule has 2 aliphatic heterocycles. The van der Waals surface area contributed by atoms with Crippen LogP contribution in [0.1, 0.15) is 50.9 Å². The number of carbonyl (C=O) groups is 5. The van der Waals surface area contributed by atoms with Crippen molar-refractivity contribution >= 4 is 63.6 Å². The molecule has 0 bridgehead atoms. The van der Waals surface area contributed by atoms with E-state index in [9.17, 15) is 41.3 Å². The molecule has 4 amide bonds. The number of hydrogen-bond donors (Lipinski definition) is 6. The third-order valence-corrected chi connectivity index (χ3v) is 13.3. The highest BCUT2D eigenvalue weighted by atomic mass is 32.2. The number of hydrogen-bond acceptors (Lipinski definition) is 13. The highest BCUT2D eigenvalue weighted by Gasteiger charge is 2.40. The molecule has 6 N–H and O–H groups in total. The van der Waals surface area contributed by atoms with Crippen LogP contribution in [-0.2, 0) is 45.4 Å². The van der Waals surface area contributed by atoms with Crippen LogP contribution in [0.15, 0.2) is 24.4 Å². The van der Waals surface area contributed by atoms with Gasteiger partial charge >= 0.3 is 0 Å². The minimum atomic E-state index is -4.79. The van der Waals surface area contributed by atoms with Gasteiger partial charge in [0.05, 0.1) is 29.3 Å². The first kappa shape index (κ1) is 52.6. The molecule has 348 valence electrons. The van der Waals surface area contributed by atoms with Crippen LogP contribution < -0.4 is 21.3 Å². The molecule has 17 nitrogen and oxygen atoms in total. The molecule has 4 rings (SSSR count). The Labute approximate surface area is 368 Å². The monoisotopic (exact) mass is 937 g/mol. The van der Waals surface area contributed by atoms with Crippen molar-refractivity contribution in [1.82, 2.24) is 35.7 Å². The van der Waals surface area contributed by atoms with Crippen molar-refractivity contribution in [3.63, 3.8) is 0 Å². The van der Waals surface area contributed by atoms with E-state index in [-0.39, 0.29) is 67.2 Å². The molecule has 0 aliphatic carbocycles. The number of carbonyl (C=O) groups excluding carboxylic acids is 5. The van der Waals surface area contributed by atoms with E-state index >= 15 is 8.78 Å². The molecule has 2 fully saturated rings. The number of aliphatic hydroxyl groups is 1. The molecule has 2 saturated heterocycles. The Hall–Kier alpha value is -3.74. The van der Waals surface area contributed by atoms with E-state index in [2.05, 4.69) is 21.3 Å². The topological polar surface area (TPSA) is 238 Å². The lowest BCUT2D eigenvalue weighted by molar-refractivity contribution is -0.134. The normalized spacial score (nSPS) is 18.1. The second-order valence-electron chi connectivity index (χ2n) is 14.6. The Bertz CT molecular complexity index is 1890. The number of halogens is 3. The second kappa shape index (κ2) is 26.8. The number of ether oxygens (including phenoxy) is 1.